The summed E-state index contributed by atoms with van der Waals surface area (Å²) >= 11 is 0. The molecule has 1 saturated carbocycles. The quantitative estimate of drug-likeness (QED) is 0.764. The first kappa shape index (κ1) is 15.5. The number of amides is 1. The van der Waals surface area contributed by atoms with Gasteiger partial charge in [0.15, 0.2) is 0 Å². The van der Waals surface area contributed by atoms with Gasteiger partial charge in [0.2, 0.25) is 5.91 Å². The molecule has 0 aromatic carbocycles. The van der Waals surface area contributed by atoms with Gasteiger partial charge in [-0.1, -0.05) is 41.5 Å². The van der Waals surface area contributed by atoms with Crippen LogP contribution in [0.15, 0.2) is 0 Å². The van der Waals surface area contributed by atoms with Gasteiger partial charge in [0.25, 0.3) is 0 Å². The maximum absolute atomic E-state index is 11.8. The molecule has 1 atom stereocenters. The second-order valence-electron chi connectivity index (χ2n) is 7.26. The van der Waals surface area contributed by atoms with Gasteiger partial charge >= 0.3 is 0 Å². The first-order valence-corrected chi connectivity index (χ1v) is 7.11. The van der Waals surface area contributed by atoms with Crippen LogP contribution in [0.3, 0.4) is 0 Å². The third kappa shape index (κ3) is 3.05. The maximum atomic E-state index is 11.8. The molecule has 0 saturated heterocycles. The molecule has 0 aromatic rings. The van der Waals surface area contributed by atoms with Gasteiger partial charge in [0, 0.05) is 6.54 Å². The Morgan fingerprint density at radius 3 is 2.00 bits per heavy atom. The topological polar surface area (TPSA) is 41.1 Å². The van der Waals surface area contributed by atoms with Crippen LogP contribution in [0.1, 0.15) is 48.5 Å². The molecule has 2 N–H and O–H groups in total. The summed E-state index contributed by atoms with van der Waals surface area (Å²) in [5.41, 5.74) is 0.766. The Kier molecular flexibility index (Phi) is 4.47. The fourth-order valence-corrected chi connectivity index (χ4v) is 2.69. The van der Waals surface area contributed by atoms with Gasteiger partial charge in [0.1, 0.15) is 0 Å². The molecule has 0 bridgehead atoms. The highest BCUT2D eigenvalue weighted by atomic mass is 16.2. The van der Waals surface area contributed by atoms with E-state index < -0.39 is 0 Å². The Balaban J connectivity index is 2.30. The van der Waals surface area contributed by atoms with Crippen molar-refractivity contribution in [2.24, 2.45) is 22.7 Å². The van der Waals surface area contributed by atoms with Gasteiger partial charge in [-0.05, 0) is 36.1 Å². The molecule has 1 aliphatic rings. The zero-order chi connectivity index (χ0) is 14.1. The highest BCUT2D eigenvalue weighted by Crippen LogP contribution is 2.67. The lowest BCUT2D eigenvalue weighted by Crippen LogP contribution is -2.44. The smallest absolute Gasteiger partial charge is 0.236 e. The standard InChI is InChI=1S/C15H30N2O/c1-10(2)8-17-13(18)11(3)16-9-12-14(4,5)15(12,6)7/h10-12,16H,8-9H2,1-7H3,(H,17,18). The van der Waals surface area contributed by atoms with Crippen LogP contribution in [0, 0.1) is 22.7 Å². The molecule has 0 aromatic heterocycles. The van der Waals surface area contributed by atoms with Gasteiger partial charge in [0.05, 0.1) is 6.04 Å². The second-order valence-corrected chi connectivity index (χ2v) is 7.26. The molecule has 0 heterocycles. The highest BCUT2D eigenvalue weighted by Gasteiger charge is 2.63. The lowest BCUT2D eigenvalue weighted by atomic mass is 10.0. The molecule has 1 aliphatic carbocycles. The van der Waals surface area contributed by atoms with Crippen molar-refractivity contribution in [3.05, 3.63) is 0 Å². The molecule has 1 fully saturated rings. The summed E-state index contributed by atoms with van der Waals surface area (Å²) in [5.74, 6) is 1.27. The molecular formula is C15H30N2O. The largest absolute Gasteiger partial charge is 0.354 e. The van der Waals surface area contributed by atoms with Crippen molar-refractivity contribution >= 4 is 5.91 Å². The van der Waals surface area contributed by atoms with Crippen molar-refractivity contribution in [3.8, 4) is 0 Å². The first-order chi connectivity index (χ1) is 8.10. The van der Waals surface area contributed by atoms with Gasteiger partial charge in [-0.3, -0.25) is 4.79 Å². The maximum Gasteiger partial charge on any atom is 0.236 e. The van der Waals surface area contributed by atoms with Gasteiger partial charge in [-0.25, -0.2) is 0 Å². The number of nitrogens with one attached hydrogen (secondary N) is 2. The number of rotatable bonds is 6. The van der Waals surface area contributed by atoms with Crippen LogP contribution in [0.25, 0.3) is 0 Å². The molecule has 1 unspecified atom stereocenters. The molecule has 1 rings (SSSR count). The van der Waals surface area contributed by atoms with Crippen LogP contribution in [-0.4, -0.2) is 25.0 Å². The van der Waals surface area contributed by atoms with Crippen molar-refractivity contribution in [1.82, 2.24) is 10.6 Å². The third-order valence-electron chi connectivity index (χ3n) is 5.03. The molecule has 3 nitrogen and oxygen atoms in total. The van der Waals surface area contributed by atoms with Crippen LogP contribution in [0.5, 0.6) is 0 Å². The van der Waals surface area contributed by atoms with E-state index in [0.717, 1.165) is 13.1 Å². The molecule has 18 heavy (non-hydrogen) atoms. The summed E-state index contributed by atoms with van der Waals surface area (Å²) in [5, 5.41) is 6.33. The van der Waals surface area contributed by atoms with E-state index in [-0.39, 0.29) is 11.9 Å². The Morgan fingerprint density at radius 1 is 1.11 bits per heavy atom. The van der Waals surface area contributed by atoms with Crippen molar-refractivity contribution in [2.45, 2.75) is 54.5 Å². The fraction of sp³-hybridized carbons (Fsp3) is 0.933. The van der Waals surface area contributed by atoms with Gasteiger partial charge in [-0.2, -0.15) is 0 Å². The fourth-order valence-electron chi connectivity index (χ4n) is 2.69. The number of hydrogen-bond donors (Lipinski definition) is 2. The minimum Gasteiger partial charge on any atom is -0.354 e. The predicted molar refractivity (Wildman–Crippen MR) is 76.4 cm³/mol. The van der Waals surface area contributed by atoms with E-state index in [1.807, 2.05) is 6.92 Å². The summed E-state index contributed by atoms with van der Waals surface area (Å²) in [6, 6.07) is -0.101. The van der Waals surface area contributed by atoms with E-state index in [2.05, 4.69) is 52.2 Å². The molecular weight excluding hydrogens is 224 g/mol. The average molecular weight is 254 g/mol. The van der Waals surface area contributed by atoms with Crippen LogP contribution in [-0.2, 0) is 4.79 Å². The van der Waals surface area contributed by atoms with E-state index in [1.54, 1.807) is 0 Å². The minimum absolute atomic E-state index is 0.101. The van der Waals surface area contributed by atoms with Crippen molar-refractivity contribution < 1.29 is 4.79 Å². The van der Waals surface area contributed by atoms with Crippen molar-refractivity contribution in [3.63, 3.8) is 0 Å². The predicted octanol–water partition coefficient (Wildman–Crippen LogP) is 2.42. The normalized spacial score (nSPS) is 22.9. The van der Waals surface area contributed by atoms with Gasteiger partial charge in [-0.15, -0.1) is 0 Å². The zero-order valence-electron chi connectivity index (χ0n) is 13.1. The summed E-state index contributed by atoms with van der Waals surface area (Å²) in [7, 11) is 0. The molecule has 106 valence electrons. The van der Waals surface area contributed by atoms with E-state index in [9.17, 15) is 4.79 Å². The Morgan fingerprint density at radius 2 is 1.61 bits per heavy atom. The minimum atomic E-state index is -0.101. The lowest BCUT2D eigenvalue weighted by molar-refractivity contribution is -0.122. The summed E-state index contributed by atoms with van der Waals surface area (Å²) < 4.78 is 0. The Hall–Kier alpha value is -0.570. The molecule has 0 spiro atoms. The van der Waals surface area contributed by atoms with E-state index >= 15 is 0 Å². The number of hydrogen-bond acceptors (Lipinski definition) is 2. The third-order valence-corrected chi connectivity index (χ3v) is 5.03. The summed E-state index contributed by atoms with van der Waals surface area (Å²) in [4.78, 5) is 11.8. The molecule has 0 aliphatic heterocycles. The Bertz CT molecular complexity index is 294. The zero-order valence-corrected chi connectivity index (χ0v) is 13.1. The SMILES string of the molecule is CC(C)CNC(=O)C(C)NCC1C(C)(C)C1(C)C. The van der Waals surface area contributed by atoms with E-state index in [0.29, 0.717) is 22.7 Å². The lowest BCUT2D eigenvalue weighted by Gasteiger charge is -2.15. The van der Waals surface area contributed by atoms with E-state index in [4.69, 9.17) is 0 Å². The molecule has 0 radical (unpaired) electrons. The first-order valence-electron chi connectivity index (χ1n) is 7.11. The average Bonchev–Trinajstić information content (AvgIpc) is 2.63. The summed E-state index contributed by atoms with van der Waals surface area (Å²) in [6.45, 7) is 17.1. The van der Waals surface area contributed by atoms with Crippen molar-refractivity contribution in [2.75, 3.05) is 13.1 Å². The van der Waals surface area contributed by atoms with Crippen LogP contribution in [0.2, 0.25) is 0 Å². The monoisotopic (exact) mass is 254 g/mol. The number of carbonyl (C=O) groups excluding carboxylic acids is 1. The van der Waals surface area contributed by atoms with Crippen LogP contribution >= 0.6 is 0 Å². The highest BCUT2D eigenvalue weighted by molar-refractivity contribution is 5.81. The summed E-state index contributed by atoms with van der Waals surface area (Å²) in [6.07, 6.45) is 0. The van der Waals surface area contributed by atoms with E-state index in [1.165, 1.54) is 0 Å². The van der Waals surface area contributed by atoms with Crippen LogP contribution in [0.4, 0.5) is 0 Å². The van der Waals surface area contributed by atoms with Gasteiger partial charge < -0.3 is 10.6 Å². The van der Waals surface area contributed by atoms with Crippen LogP contribution < -0.4 is 10.6 Å². The Labute approximate surface area is 112 Å². The van der Waals surface area contributed by atoms with Crippen molar-refractivity contribution in [1.29, 1.82) is 0 Å². The number of carbonyl (C=O) groups is 1. The second kappa shape index (κ2) is 5.20. The molecule has 1 amide bonds. The molecule has 3 heteroatoms.